The fourth-order valence-electron chi connectivity index (χ4n) is 1.34. The second-order valence-electron chi connectivity index (χ2n) is 3.24. The molecule has 0 aromatic carbocycles. The molecular formula is C12H30Cl4HfN2. The van der Waals surface area contributed by atoms with Gasteiger partial charge in [0, 0.05) is 0 Å². The molecule has 7 heteroatoms. The average Bonchev–Trinajstić information content (AvgIpc) is 2.24. The minimum atomic E-state index is 0. The zero-order chi connectivity index (χ0) is 11.4. The quantitative estimate of drug-likeness (QED) is 0.320. The first-order valence-corrected chi connectivity index (χ1v) is 6.14. The van der Waals surface area contributed by atoms with Gasteiger partial charge in [0.05, 0.1) is 0 Å². The Balaban J connectivity index is -0.0000000240. The van der Waals surface area contributed by atoms with Crippen LogP contribution in [0.2, 0.25) is 0 Å². The van der Waals surface area contributed by atoms with Crippen molar-refractivity contribution >= 4 is 0 Å². The van der Waals surface area contributed by atoms with Gasteiger partial charge in [-0.1, -0.05) is 41.5 Å². The first-order chi connectivity index (χ1) is 6.69. The third-order valence-corrected chi connectivity index (χ3v) is 2.68. The summed E-state index contributed by atoms with van der Waals surface area (Å²) in [5.41, 5.74) is 0. The molecule has 0 radical (unpaired) electrons. The number of hydrogen-bond acceptors (Lipinski definition) is 2. The number of rotatable bonds is 6. The molecule has 0 aliphatic carbocycles. The van der Waals surface area contributed by atoms with Gasteiger partial charge < -0.3 is 59.4 Å². The fraction of sp³-hybridized carbons (Fsp3) is 1.00. The smallest absolute Gasteiger partial charge is 1.00 e. The minimum Gasteiger partial charge on any atom is -1.00 e. The first kappa shape index (κ1) is 42.8. The summed E-state index contributed by atoms with van der Waals surface area (Å²) < 4.78 is 0. The molecule has 0 N–H and O–H groups in total. The molecule has 0 saturated carbocycles. The molecule has 0 rings (SSSR count). The molecule has 120 valence electrons. The van der Waals surface area contributed by atoms with E-state index >= 15 is 0 Å². The van der Waals surface area contributed by atoms with Gasteiger partial charge in [0.1, 0.15) is 0 Å². The third-order valence-electron chi connectivity index (χ3n) is 2.68. The van der Waals surface area contributed by atoms with Crippen LogP contribution >= 0.6 is 0 Å². The SMILES string of the molecule is CCN(CC)CC.CCN(CC)CC.[Cl-].[Cl-].[Cl-].[Cl-].[Hf+4]. The third kappa shape index (κ3) is 33.0. The molecule has 0 fully saturated rings. The largest absolute Gasteiger partial charge is 4.00 e. The van der Waals surface area contributed by atoms with Crippen molar-refractivity contribution in [1.82, 2.24) is 9.80 Å². The number of nitrogens with zero attached hydrogens (tertiary/aromatic N) is 2. The Bertz CT molecular complexity index is 82.7. The van der Waals surface area contributed by atoms with E-state index < -0.39 is 0 Å². The Morgan fingerprint density at radius 2 is 0.526 bits per heavy atom. The Labute approximate surface area is 165 Å². The van der Waals surface area contributed by atoms with E-state index in [0.717, 1.165) is 0 Å². The average molecular weight is 523 g/mol. The van der Waals surface area contributed by atoms with Crippen LogP contribution in [0.5, 0.6) is 0 Å². The van der Waals surface area contributed by atoms with Gasteiger partial charge in [-0.05, 0) is 39.3 Å². The number of hydrogen-bond donors (Lipinski definition) is 0. The Kier molecular flexibility index (Phi) is 83.0. The molecule has 2 nitrogen and oxygen atoms in total. The van der Waals surface area contributed by atoms with E-state index in [1.165, 1.54) is 39.3 Å². The van der Waals surface area contributed by atoms with Crippen LogP contribution in [0.25, 0.3) is 0 Å². The van der Waals surface area contributed by atoms with E-state index in [1.54, 1.807) is 0 Å². The van der Waals surface area contributed by atoms with Gasteiger partial charge in [0.25, 0.3) is 0 Å². The molecule has 0 unspecified atom stereocenters. The summed E-state index contributed by atoms with van der Waals surface area (Å²) in [7, 11) is 0. The predicted molar refractivity (Wildman–Crippen MR) is 66.9 cm³/mol. The van der Waals surface area contributed by atoms with Crippen LogP contribution in [0.3, 0.4) is 0 Å². The normalized spacial score (nSPS) is 7.58. The van der Waals surface area contributed by atoms with Gasteiger partial charge in [-0.25, -0.2) is 0 Å². The van der Waals surface area contributed by atoms with Gasteiger partial charge in [-0.15, -0.1) is 0 Å². The summed E-state index contributed by atoms with van der Waals surface area (Å²) >= 11 is 0. The van der Waals surface area contributed by atoms with E-state index in [0.29, 0.717) is 0 Å². The van der Waals surface area contributed by atoms with Crippen LogP contribution in [-0.4, -0.2) is 49.1 Å². The standard InChI is InChI=1S/2C6H15N.4ClH.Hf/c2*1-4-7(5-2)6-3;;;;;/h2*4-6H2,1-3H3;4*1H;/q;;;;;;+4/p-4. The van der Waals surface area contributed by atoms with Crippen molar-refractivity contribution in [1.29, 1.82) is 0 Å². The van der Waals surface area contributed by atoms with Crippen LogP contribution in [0, 0.1) is 0 Å². The molecule has 0 aromatic heterocycles. The Hall–Kier alpha value is 1.95. The zero-order valence-corrected chi connectivity index (χ0v) is 19.8. The maximum absolute atomic E-state index is 2.38. The van der Waals surface area contributed by atoms with Gasteiger partial charge >= 0.3 is 25.8 Å². The molecule has 0 spiro atoms. The van der Waals surface area contributed by atoms with Gasteiger partial charge in [0.2, 0.25) is 0 Å². The van der Waals surface area contributed by atoms with Crippen molar-refractivity contribution in [2.24, 2.45) is 0 Å². The van der Waals surface area contributed by atoms with Crippen LogP contribution in [0.4, 0.5) is 0 Å². The molecule has 0 bridgehead atoms. The summed E-state index contributed by atoms with van der Waals surface area (Å²) in [6, 6.07) is 0. The van der Waals surface area contributed by atoms with Crippen molar-refractivity contribution < 1.29 is 75.5 Å². The molecule has 19 heavy (non-hydrogen) atoms. The summed E-state index contributed by atoms with van der Waals surface area (Å²) in [6.45, 7) is 20.2. The second kappa shape index (κ2) is 36.8. The summed E-state index contributed by atoms with van der Waals surface area (Å²) in [4.78, 5) is 4.75. The van der Waals surface area contributed by atoms with Crippen molar-refractivity contribution in [3.8, 4) is 0 Å². The Morgan fingerprint density at radius 1 is 0.421 bits per heavy atom. The molecular weight excluding hydrogens is 492 g/mol. The maximum Gasteiger partial charge on any atom is 4.00 e. The molecule has 0 aliphatic rings. The fourth-order valence-corrected chi connectivity index (χ4v) is 1.34. The van der Waals surface area contributed by atoms with E-state index in [9.17, 15) is 0 Å². The summed E-state index contributed by atoms with van der Waals surface area (Å²) in [5.74, 6) is 0. The molecule has 0 aliphatic heterocycles. The van der Waals surface area contributed by atoms with E-state index in [4.69, 9.17) is 0 Å². The molecule has 0 heterocycles. The maximum atomic E-state index is 2.38. The zero-order valence-electron chi connectivity index (χ0n) is 13.1. The van der Waals surface area contributed by atoms with Gasteiger partial charge in [-0.2, -0.15) is 0 Å². The topological polar surface area (TPSA) is 6.48 Å². The molecule has 0 atom stereocenters. The van der Waals surface area contributed by atoms with Crippen molar-refractivity contribution in [3.05, 3.63) is 0 Å². The summed E-state index contributed by atoms with van der Waals surface area (Å²) in [6.07, 6.45) is 0. The van der Waals surface area contributed by atoms with Crippen LogP contribution in [0.15, 0.2) is 0 Å². The van der Waals surface area contributed by atoms with Gasteiger partial charge in [0.15, 0.2) is 0 Å². The van der Waals surface area contributed by atoms with Crippen LogP contribution < -0.4 is 49.6 Å². The molecule has 0 saturated heterocycles. The van der Waals surface area contributed by atoms with E-state index in [1.807, 2.05) is 0 Å². The predicted octanol–water partition coefficient (Wildman–Crippen LogP) is -9.29. The molecule has 0 amide bonds. The van der Waals surface area contributed by atoms with Crippen molar-refractivity contribution in [2.75, 3.05) is 39.3 Å². The minimum absolute atomic E-state index is 0. The summed E-state index contributed by atoms with van der Waals surface area (Å²) in [5, 5.41) is 0. The second-order valence-corrected chi connectivity index (χ2v) is 3.24. The molecule has 0 aromatic rings. The van der Waals surface area contributed by atoms with Gasteiger partial charge in [-0.3, -0.25) is 0 Å². The van der Waals surface area contributed by atoms with Crippen LogP contribution in [0.1, 0.15) is 41.5 Å². The van der Waals surface area contributed by atoms with E-state index in [-0.39, 0.29) is 75.5 Å². The first-order valence-electron chi connectivity index (χ1n) is 6.14. The monoisotopic (exact) mass is 522 g/mol. The van der Waals surface area contributed by atoms with E-state index in [2.05, 4.69) is 51.3 Å². The number of halogens is 4. The van der Waals surface area contributed by atoms with Crippen molar-refractivity contribution in [2.45, 2.75) is 41.5 Å². The van der Waals surface area contributed by atoms with Crippen LogP contribution in [-0.2, 0) is 25.8 Å². The van der Waals surface area contributed by atoms with Crippen molar-refractivity contribution in [3.63, 3.8) is 0 Å². The Morgan fingerprint density at radius 3 is 0.526 bits per heavy atom.